The van der Waals surface area contributed by atoms with Gasteiger partial charge in [0.25, 0.3) is 0 Å². The number of amides is 2. The highest BCUT2D eigenvalue weighted by molar-refractivity contribution is 6.35. The van der Waals surface area contributed by atoms with Crippen LogP contribution in [0.2, 0.25) is 10.0 Å². The van der Waals surface area contributed by atoms with E-state index in [1.807, 2.05) is 28.0 Å². The number of piperazine rings is 1. The molecule has 0 aliphatic carbocycles. The highest BCUT2D eigenvalue weighted by Crippen LogP contribution is 2.27. The van der Waals surface area contributed by atoms with E-state index in [-0.39, 0.29) is 36.9 Å². The summed E-state index contributed by atoms with van der Waals surface area (Å²) < 4.78 is 0. The van der Waals surface area contributed by atoms with Crippen LogP contribution in [0, 0.1) is 5.92 Å². The van der Waals surface area contributed by atoms with Crippen molar-refractivity contribution in [2.45, 2.75) is 64.1 Å². The zero-order chi connectivity index (χ0) is 28.8. The van der Waals surface area contributed by atoms with Crippen molar-refractivity contribution in [3.63, 3.8) is 0 Å². The Morgan fingerprint density at radius 3 is 2.40 bits per heavy atom. The molecule has 2 amide bonds. The summed E-state index contributed by atoms with van der Waals surface area (Å²) in [7, 11) is 0. The quantitative estimate of drug-likeness (QED) is 0.330. The van der Waals surface area contributed by atoms with Crippen LogP contribution in [0.15, 0.2) is 60.7 Å². The molecule has 0 unspecified atom stereocenters. The minimum absolute atomic E-state index is 0.0193. The molecule has 1 heterocycles. The second-order valence-corrected chi connectivity index (χ2v) is 12.1. The highest BCUT2D eigenvalue weighted by atomic mass is 35.5. The van der Waals surface area contributed by atoms with Crippen LogP contribution in [0.25, 0.3) is 10.8 Å². The molecule has 1 saturated heterocycles. The van der Waals surface area contributed by atoms with Crippen molar-refractivity contribution in [3.8, 4) is 0 Å². The SMILES string of the molecule is CC(C)C[C@@H]1CN(C(=O)[C@H](N)Cc2ccc(Cl)cc2Cl)[C@@H](CCCO)CN1C(=O)Cc1ccc2ccccc2c1. The Balaban J connectivity index is 1.54. The lowest BCUT2D eigenvalue weighted by Crippen LogP contribution is -2.64. The molecule has 0 spiro atoms. The van der Waals surface area contributed by atoms with E-state index in [0.717, 1.165) is 28.3 Å². The standard InChI is InChI=1S/C32H39Cl2N3O3/c1-21(2)14-28-20-37(32(40)30(35)17-25-11-12-26(33)18-29(25)34)27(8-5-13-38)19-36(28)31(39)16-22-9-10-23-6-3-4-7-24(23)15-22/h3-4,6-7,9-12,15,18,21,27-28,30,38H,5,8,13-14,16-17,19-20,35H2,1-2H3/t27-,28+,30+/m0/s1. The van der Waals surface area contributed by atoms with Gasteiger partial charge in [-0.05, 0) is 65.6 Å². The van der Waals surface area contributed by atoms with E-state index < -0.39 is 6.04 Å². The molecule has 3 aromatic rings. The average Bonchev–Trinajstić information content (AvgIpc) is 2.92. The predicted molar refractivity (Wildman–Crippen MR) is 163 cm³/mol. The molecule has 1 aliphatic heterocycles. The van der Waals surface area contributed by atoms with Crippen LogP contribution < -0.4 is 5.73 Å². The van der Waals surface area contributed by atoms with Gasteiger partial charge < -0.3 is 20.6 Å². The number of aliphatic hydroxyl groups is 1. The third-order valence-electron chi connectivity index (χ3n) is 7.68. The van der Waals surface area contributed by atoms with Crippen molar-refractivity contribution in [1.29, 1.82) is 0 Å². The van der Waals surface area contributed by atoms with E-state index in [4.69, 9.17) is 28.9 Å². The first-order valence-electron chi connectivity index (χ1n) is 14.0. The molecular formula is C32H39Cl2N3O3. The van der Waals surface area contributed by atoms with Gasteiger partial charge in [-0.1, -0.05) is 85.6 Å². The fourth-order valence-corrected chi connectivity index (χ4v) is 6.18. The molecule has 1 aliphatic rings. The maximum absolute atomic E-state index is 13.8. The molecule has 0 aromatic heterocycles. The average molecular weight is 585 g/mol. The van der Waals surface area contributed by atoms with Crippen molar-refractivity contribution < 1.29 is 14.7 Å². The largest absolute Gasteiger partial charge is 0.396 e. The summed E-state index contributed by atoms with van der Waals surface area (Å²) in [6.07, 6.45) is 2.49. The van der Waals surface area contributed by atoms with Gasteiger partial charge in [-0.25, -0.2) is 0 Å². The van der Waals surface area contributed by atoms with E-state index in [9.17, 15) is 14.7 Å². The van der Waals surface area contributed by atoms with Gasteiger partial charge in [-0.3, -0.25) is 9.59 Å². The monoisotopic (exact) mass is 583 g/mol. The number of hydrogen-bond donors (Lipinski definition) is 2. The Labute approximate surface area is 247 Å². The number of rotatable bonds is 10. The van der Waals surface area contributed by atoms with Crippen molar-refractivity contribution >= 4 is 45.8 Å². The Morgan fingerprint density at radius 1 is 0.975 bits per heavy atom. The lowest BCUT2D eigenvalue weighted by Gasteiger charge is -2.48. The van der Waals surface area contributed by atoms with Gasteiger partial charge in [-0.2, -0.15) is 0 Å². The molecule has 3 N–H and O–H groups in total. The van der Waals surface area contributed by atoms with Crippen LogP contribution in [0.1, 0.15) is 44.2 Å². The molecule has 40 heavy (non-hydrogen) atoms. The van der Waals surface area contributed by atoms with Gasteiger partial charge in [0.05, 0.1) is 12.5 Å². The van der Waals surface area contributed by atoms with E-state index >= 15 is 0 Å². The van der Waals surface area contributed by atoms with Crippen molar-refractivity contribution in [3.05, 3.63) is 81.8 Å². The van der Waals surface area contributed by atoms with Gasteiger partial charge in [0.2, 0.25) is 11.8 Å². The molecule has 214 valence electrons. The van der Waals surface area contributed by atoms with E-state index in [1.165, 1.54) is 0 Å². The fraction of sp³-hybridized carbons (Fsp3) is 0.438. The Kier molecular flexibility index (Phi) is 10.5. The zero-order valence-corrected chi connectivity index (χ0v) is 24.7. The number of nitrogens with zero attached hydrogens (tertiary/aromatic N) is 2. The number of benzene rings is 3. The van der Waals surface area contributed by atoms with Crippen LogP contribution in [0.5, 0.6) is 0 Å². The van der Waals surface area contributed by atoms with Gasteiger partial charge in [-0.15, -0.1) is 0 Å². The summed E-state index contributed by atoms with van der Waals surface area (Å²) >= 11 is 12.4. The molecule has 8 heteroatoms. The zero-order valence-electron chi connectivity index (χ0n) is 23.2. The number of halogens is 2. The lowest BCUT2D eigenvalue weighted by atomic mass is 9.93. The molecule has 6 nitrogen and oxygen atoms in total. The Morgan fingerprint density at radius 2 is 1.70 bits per heavy atom. The predicted octanol–water partition coefficient (Wildman–Crippen LogP) is 5.49. The molecule has 4 rings (SSSR count). The van der Waals surface area contributed by atoms with Crippen LogP contribution in [0.3, 0.4) is 0 Å². The van der Waals surface area contributed by atoms with Crippen LogP contribution >= 0.6 is 23.2 Å². The van der Waals surface area contributed by atoms with E-state index in [1.54, 1.807) is 18.2 Å². The van der Waals surface area contributed by atoms with Crippen molar-refractivity contribution in [1.82, 2.24) is 9.80 Å². The number of hydrogen-bond acceptors (Lipinski definition) is 4. The first-order valence-corrected chi connectivity index (χ1v) is 14.8. The summed E-state index contributed by atoms with van der Waals surface area (Å²) in [6, 6.07) is 18.3. The maximum Gasteiger partial charge on any atom is 0.240 e. The lowest BCUT2D eigenvalue weighted by molar-refractivity contribution is -0.148. The molecular weight excluding hydrogens is 545 g/mol. The van der Waals surface area contributed by atoms with Crippen LogP contribution in [-0.4, -0.2) is 64.5 Å². The van der Waals surface area contributed by atoms with Crippen molar-refractivity contribution in [2.75, 3.05) is 19.7 Å². The number of carbonyl (C=O) groups excluding carboxylic acids is 2. The second kappa shape index (κ2) is 13.8. The third-order valence-corrected chi connectivity index (χ3v) is 8.27. The smallest absolute Gasteiger partial charge is 0.240 e. The maximum atomic E-state index is 13.8. The fourth-order valence-electron chi connectivity index (χ4n) is 5.69. The number of aliphatic hydroxyl groups excluding tert-OH is 1. The molecule has 1 fully saturated rings. The van der Waals surface area contributed by atoms with Gasteiger partial charge in [0.15, 0.2) is 0 Å². The topological polar surface area (TPSA) is 86.9 Å². The van der Waals surface area contributed by atoms with Crippen molar-refractivity contribution in [2.24, 2.45) is 11.7 Å². The molecule has 0 bridgehead atoms. The summed E-state index contributed by atoms with van der Waals surface area (Å²) in [5, 5.41) is 12.8. The number of fused-ring (bicyclic) bond motifs is 1. The molecule has 0 saturated carbocycles. The number of nitrogens with two attached hydrogens (primary N) is 1. The highest BCUT2D eigenvalue weighted by Gasteiger charge is 2.39. The van der Waals surface area contributed by atoms with Gasteiger partial charge in [0.1, 0.15) is 0 Å². The number of carbonyl (C=O) groups is 2. The summed E-state index contributed by atoms with van der Waals surface area (Å²) in [5.41, 5.74) is 8.19. The van der Waals surface area contributed by atoms with E-state index in [0.29, 0.717) is 48.3 Å². The first-order chi connectivity index (χ1) is 19.2. The molecule has 3 aromatic carbocycles. The van der Waals surface area contributed by atoms with Gasteiger partial charge in [0, 0.05) is 41.8 Å². The van der Waals surface area contributed by atoms with Gasteiger partial charge >= 0.3 is 0 Å². The van der Waals surface area contributed by atoms with Crippen LogP contribution in [0.4, 0.5) is 0 Å². The Bertz CT molecular complexity index is 1330. The normalized spacial score (nSPS) is 18.4. The molecule has 0 radical (unpaired) electrons. The van der Waals surface area contributed by atoms with E-state index in [2.05, 4.69) is 38.1 Å². The third kappa shape index (κ3) is 7.55. The molecule has 3 atom stereocenters. The summed E-state index contributed by atoms with van der Waals surface area (Å²) in [5.74, 6) is 0.233. The van der Waals surface area contributed by atoms with Crippen LogP contribution in [-0.2, 0) is 22.4 Å². The minimum Gasteiger partial charge on any atom is -0.396 e. The summed E-state index contributed by atoms with van der Waals surface area (Å²) in [4.78, 5) is 31.3. The minimum atomic E-state index is -0.783. The first kappa shape index (κ1) is 30.3. The summed E-state index contributed by atoms with van der Waals surface area (Å²) in [6.45, 7) is 5.11. The second-order valence-electron chi connectivity index (χ2n) is 11.2. The Hall–Kier alpha value is -2.64.